The number of aliphatic hydroxyl groups is 2. The first-order valence-corrected chi connectivity index (χ1v) is 9.78. The van der Waals surface area contributed by atoms with Gasteiger partial charge in [0.2, 0.25) is 5.91 Å². The van der Waals surface area contributed by atoms with E-state index in [1.807, 2.05) is 30.3 Å². The van der Waals surface area contributed by atoms with Crippen LogP contribution >= 0.6 is 0 Å². The Bertz CT molecular complexity index is 695. The molecular weight excluding hydrogens is 366 g/mol. The van der Waals surface area contributed by atoms with Crippen LogP contribution in [-0.2, 0) is 35.2 Å². The normalized spacial score (nSPS) is 29.3. The molecule has 10 heteroatoms. The van der Waals surface area contributed by atoms with E-state index in [9.17, 15) is 23.4 Å². The number of hydrogen-bond acceptors (Lipinski definition) is 8. The van der Waals surface area contributed by atoms with Crippen LogP contribution in [0.2, 0.25) is 0 Å². The van der Waals surface area contributed by atoms with Gasteiger partial charge in [0.1, 0.15) is 24.4 Å². The Labute approximate surface area is 152 Å². The molecule has 5 atom stereocenters. The smallest absolute Gasteiger partial charge is 0.264 e. The summed E-state index contributed by atoms with van der Waals surface area (Å²) in [5, 5.41) is 22.5. The molecule has 2 rings (SSSR count). The van der Waals surface area contributed by atoms with Gasteiger partial charge in [0.05, 0.1) is 19.5 Å². The van der Waals surface area contributed by atoms with Crippen molar-refractivity contribution in [1.82, 2.24) is 5.32 Å². The lowest BCUT2D eigenvalue weighted by molar-refractivity contribution is -0.268. The third kappa shape index (κ3) is 5.73. The monoisotopic (exact) mass is 389 g/mol. The molecule has 1 saturated heterocycles. The van der Waals surface area contributed by atoms with Crippen molar-refractivity contribution in [3.8, 4) is 0 Å². The summed E-state index contributed by atoms with van der Waals surface area (Å²) in [5.74, 6) is -0.466. The van der Waals surface area contributed by atoms with Gasteiger partial charge in [-0.2, -0.15) is 8.42 Å². The van der Waals surface area contributed by atoms with Crippen molar-refractivity contribution in [1.29, 1.82) is 0 Å². The van der Waals surface area contributed by atoms with Crippen LogP contribution in [0.4, 0.5) is 0 Å². The third-order valence-electron chi connectivity index (χ3n) is 3.77. The number of hydrogen-bond donors (Lipinski definition) is 3. The molecule has 1 amide bonds. The molecule has 9 nitrogen and oxygen atoms in total. The molecule has 146 valence electrons. The fourth-order valence-corrected chi connectivity index (χ4v) is 3.31. The van der Waals surface area contributed by atoms with Crippen LogP contribution in [-0.4, -0.2) is 68.0 Å². The van der Waals surface area contributed by atoms with E-state index in [4.69, 9.17) is 13.7 Å². The minimum atomic E-state index is -3.93. The van der Waals surface area contributed by atoms with Gasteiger partial charge in [-0.05, 0) is 5.56 Å². The predicted octanol–water partition coefficient (Wildman–Crippen LogP) is -0.869. The highest BCUT2D eigenvalue weighted by Crippen LogP contribution is 2.26. The highest BCUT2D eigenvalue weighted by molar-refractivity contribution is 7.86. The second-order valence-corrected chi connectivity index (χ2v) is 7.60. The average Bonchev–Trinajstić information content (AvgIpc) is 2.57. The van der Waals surface area contributed by atoms with Crippen molar-refractivity contribution in [2.45, 2.75) is 44.2 Å². The Hall–Kier alpha value is -1.56. The number of ether oxygens (including phenoxy) is 2. The van der Waals surface area contributed by atoms with Gasteiger partial charge in [0.25, 0.3) is 10.1 Å². The van der Waals surface area contributed by atoms with E-state index >= 15 is 0 Å². The molecule has 1 fully saturated rings. The van der Waals surface area contributed by atoms with Gasteiger partial charge in [0.15, 0.2) is 6.29 Å². The zero-order chi connectivity index (χ0) is 19.3. The maximum Gasteiger partial charge on any atom is 0.264 e. The Morgan fingerprint density at radius 2 is 1.96 bits per heavy atom. The Balaban J connectivity index is 2.18. The van der Waals surface area contributed by atoms with Gasteiger partial charge in [-0.1, -0.05) is 30.3 Å². The van der Waals surface area contributed by atoms with E-state index in [0.717, 1.165) is 11.8 Å². The number of carbonyl (C=O) groups is 1. The van der Waals surface area contributed by atoms with Crippen molar-refractivity contribution >= 4 is 16.0 Å². The van der Waals surface area contributed by atoms with Crippen LogP contribution in [0.15, 0.2) is 30.3 Å². The minimum absolute atomic E-state index is 0.129. The lowest BCUT2D eigenvalue weighted by Crippen LogP contribution is -2.65. The summed E-state index contributed by atoms with van der Waals surface area (Å²) in [6.07, 6.45) is -4.29. The summed E-state index contributed by atoms with van der Waals surface area (Å²) >= 11 is 0. The summed E-state index contributed by atoms with van der Waals surface area (Å²) < 4.78 is 38.9. The van der Waals surface area contributed by atoms with Gasteiger partial charge < -0.3 is 25.0 Å². The fraction of sp³-hybridized carbons (Fsp3) is 0.562. The summed E-state index contributed by atoms with van der Waals surface area (Å²) in [6, 6.07) is 8.07. The summed E-state index contributed by atoms with van der Waals surface area (Å²) in [5.41, 5.74) is 0.835. The first-order valence-electron chi connectivity index (χ1n) is 7.96. The molecule has 0 aliphatic carbocycles. The topological polar surface area (TPSA) is 131 Å². The predicted molar refractivity (Wildman–Crippen MR) is 90.3 cm³/mol. The third-order valence-corrected chi connectivity index (χ3v) is 4.34. The number of amides is 1. The molecule has 3 N–H and O–H groups in total. The van der Waals surface area contributed by atoms with E-state index in [1.54, 1.807) is 0 Å². The summed E-state index contributed by atoms with van der Waals surface area (Å²) in [4.78, 5) is 11.5. The zero-order valence-electron chi connectivity index (χ0n) is 14.4. The molecule has 1 aliphatic rings. The number of benzene rings is 1. The van der Waals surface area contributed by atoms with Gasteiger partial charge >= 0.3 is 0 Å². The molecule has 1 aromatic rings. The second-order valence-electron chi connectivity index (χ2n) is 6.00. The number of nitrogens with one attached hydrogen (secondary N) is 1. The van der Waals surface area contributed by atoms with Gasteiger partial charge in [-0.3, -0.25) is 8.98 Å². The maximum atomic E-state index is 11.5. The minimum Gasteiger partial charge on any atom is -0.394 e. The largest absolute Gasteiger partial charge is 0.394 e. The standard InChI is InChI=1S/C16H23NO8S/c1-10(19)17-13-14(20)15(25-26(2,21)22)12(8-18)24-16(13)23-9-11-6-4-3-5-7-11/h3-7,12-16,18,20H,8-9H2,1-2H3,(H,17,19)/t12-,13-,14+,15-,16+/m0/s1. The van der Waals surface area contributed by atoms with Crippen LogP contribution in [0.3, 0.4) is 0 Å². The van der Waals surface area contributed by atoms with E-state index in [0.29, 0.717) is 0 Å². The molecule has 1 aliphatic heterocycles. The number of carbonyl (C=O) groups excluding carboxylic acids is 1. The maximum absolute atomic E-state index is 11.5. The molecule has 0 bridgehead atoms. The van der Waals surface area contributed by atoms with Crippen LogP contribution < -0.4 is 5.32 Å². The van der Waals surface area contributed by atoms with Gasteiger partial charge in [0, 0.05) is 6.92 Å². The summed E-state index contributed by atoms with van der Waals surface area (Å²) in [7, 11) is -3.93. The van der Waals surface area contributed by atoms with E-state index < -0.39 is 53.3 Å². The fourth-order valence-electron chi connectivity index (χ4n) is 2.67. The molecule has 0 saturated carbocycles. The van der Waals surface area contributed by atoms with E-state index in [2.05, 4.69) is 5.32 Å². The molecule has 26 heavy (non-hydrogen) atoms. The summed E-state index contributed by atoms with van der Waals surface area (Å²) in [6.45, 7) is 0.769. The SMILES string of the molecule is CC(=O)N[C@@H]1[C@H](OCc2ccccc2)O[C@@H](CO)[C@H](OS(C)(=O)=O)[C@@H]1O. The molecule has 0 spiro atoms. The second kappa shape index (κ2) is 8.89. The highest BCUT2D eigenvalue weighted by Gasteiger charge is 2.48. The number of aliphatic hydroxyl groups excluding tert-OH is 2. The molecule has 1 aromatic carbocycles. The van der Waals surface area contributed by atoms with E-state index in [-0.39, 0.29) is 6.61 Å². The lowest BCUT2D eigenvalue weighted by Gasteiger charge is -2.43. The van der Waals surface area contributed by atoms with Crippen molar-refractivity contribution in [3.63, 3.8) is 0 Å². The van der Waals surface area contributed by atoms with Crippen LogP contribution in [0.1, 0.15) is 12.5 Å². The Kier molecular flexibility index (Phi) is 7.09. The zero-order valence-corrected chi connectivity index (χ0v) is 15.3. The first-order chi connectivity index (χ1) is 12.2. The van der Waals surface area contributed by atoms with Crippen molar-refractivity contribution < 1.29 is 37.1 Å². The van der Waals surface area contributed by atoms with Gasteiger partial charge in [-0.15, -0.1) is 0 Å². The lowest BCUT2D eigenvalue weighted by atomic mass is 9.97. The quantitative estimate of drug-likeness (QED) is 0.513. The average molecular weight is 389 g/mol. The van der Waals surface area contributed by atoms with Crippen LogP contribution in [0, 0.1) is 0 Å². The van der Waals surface area contributed by atoms with Crippen LogP contribution in [0.25, 0.3) is 0 Å². The highest BCUT2D eigenvalue weighted by atomic mass is 32.2. The van der Waals surface area contributed by atoms with E-state index in [1.165, 1.54) is 6.92 Å². The molecular formula is C16H23NO8S. The molecule has 0 radical (unpaired) electrons. The molecule has 1 heterocycles. The van der Waals surface area contributed by atoms with Crippen molar-refractivity contribution in [2.24, 2.45) is 0 Å². The van der Waals surface area contributed by atoms with Crippen molar-refractivity contribution in [3.05, 3.63) is 35.9 Å². The Morgan fingerprint density at radius 1 is 1.31 bits per heavy atom. The molecule has 0 unspecified atom stereocenters. The first kappa shape index (κ1) is 20.7. The number of rotatable bonds is 7. The van der Waals surface area contributed by atoms with Gasteiger partial charge in [-0.25, -0.2) is 0 Å². The molecule has 0 aromatic heterocycles. The van der Waals surface area contributed by atoms with Crippen LogP contribution in [0.5, 0.6) is 0 Å². The Morgan fingerprint density at radius 3 is 2.50 bits per heavy atom. The van der Waals surface area contributed by atoms with Crippen molar-refractivity contribution in [2.75, 3.05) is 12.9 Å².